The number of carbonyl (C=O) groups excluding carboxylic acids is 2. The Morgan fingerprint density at radius 2 is 2.67 bits per heavy atom. The Morgan fingerprint density at radius 1 is 2.00 bits per heavy atom. The first-order chi connectivity index (χ1) is 5.77. The van der Waals surface area contributed by atoms with Crippen LogP contribution in [0.3, 0.4) is 0 Å². The van der Waals surface area contributed by atoms with Gasteiger partial charge in [-0.1, -0.05) is 0 Å². The minimum atomic E-state index is -2.82. The van der Waals surface area contributed by atoms with Gasteiger partial charge in [0.1, 0.15) is 15.6 Å². The number of methoxy groups -OCH3 is 1. The molecular formula is C5H8O4. The van der Waals surface area contributed by atoms with Crippen molar-refractivity contribution in [1.29, 1.82) is 0 Å². The van der Waals surface area contributed by atoms with Crippen molar-refractivity contribution in [1.82, 2.24) is 0 Å². The average Bonchev–Trinajstić information content (AvgIpc) is 2.03. The Hall–Kier alpha value is -0.740. The molecule has 0 aromatic rings. The van der Waals surface area contributed by atoms with Crippen molar-refractivity contribution in [3.05, 3.63) is 0 Å². The third-order valence-corrected chi connectivity index (χ3v) is 0.468. The first-order valence-corrected chi connectivity index (χ1v) is 2.00. The highest BCUT2D eigenvalue weighted by molar-refractivity contribution is 5.55. The lowest BCUT2D eigenvalue weighted by Gasteiger charge is -2.04. The minimum absolute atomic E-state index is 0.238. The van der Waals surface area contributed by atoms with Gasteiger partial charge in [-0.15, -0.1) is 0 Å². The molecule has 0 saturated heterocycles. The number of aldehydes is 2. The smallest absolute Gasteiger partial charge is 0.214 e. The van der Waals surface area contributed by atoms with Crippen LogP contribution in [0.5, 0.6) is 0 Å². The molecule has 0 spiro atoms. The molecule has 4 heteroatoms. The summed E-state index contributed by atoms with van der Waals surface area (Å²) in [5, 5.41) is 0. The maximum absolute atomic E-state index is 10.4. The lowest BCUT2D eigenvalue weighted by molar-refractivity contribution is -0.151. The van der Waals surface area contributed by atoms with E-state index in [1.807, 2.05) is 0 Å². The van der Waals surface area contributed by atoms with Crippen LogP contribution in [0.4, 0.5) is 0 Å². The van der Waals surface area contributed by atoms with Gasteiger partial charge in [-0.25, -0.2) is 0 Å². The molecule has 0 aromatic carbocycles. The number of hydrogen-bond acceptors (Lipinski definition) is 4. The molecule has 0 rings (SSSR count). The first-order valence-electron chi connectivity index (χ1n) is 4.00. The summed E-state index contributed by atoms with van der Waals surface area (Å²) in [6.07, 6.45) is -4.64. The highest BCUT2D eigenvalue weighted by atomic mass is 16.7. The van der Waals surface area contributed by atoms with Gasteiger partial charge < -0.3 is 14.3 Å². The zero-order chi connectivity index (χ0) is 10.7. The van der Waals surface area contributed by atoms with Crippen LogP contribution >= 0.6 is 0 Å². The molecule has 0 aromatic heterocycles. The highest BCUT2D eigenvalue weighted by Gasteiger charge is 2.01. The van der Waals surface area contributed by atoms with Crippen molar-refractivity contribution in [3.63, 3.8) is 0 Å². The van der Waals surface area contributed by atoms with Gasteiger partial charge in [0.25, 0.3) is 0 Å². The molecule has 0 bridgehead atoms. The van der Waals surface area contributed by atoms with E-state index < -0.39 is 19.1 Å². The SMILES string of the molecule is [2H]C(=O)[C@@]([2H])(OC)OC([2H])([2H])C=O. The van der Waals surface area contributed by atoms with E-state index in [0.29, 0.717) is 0 Å². The summed E-state index contributed by atoms with van der Waals surface area (Å²) in [7, 11) is 0.889. The second kappa shape index (κ2) is 5.40. The van der Waals surface area contributed by atoms with E-state index in [2.05, 4.69) is 9.47 Å². The Balaban J connectivity index is 4.63. The molecule has 0 amide bonds. The van der Waals surface area contributed by atoms with Gasteiger partial charge in [-0.2, -0.15) is 0 Å². The number of hydrogen-bond donors (Lipinski definition) is 0. The van der Waals surface area contributed by atoms with Gasteiger partial charge >= 0.3 is 0 Å². The van der Waals surface area contributed by atoms with Crippen LogP contribution in [0.1, 0.15) is 5.48 Å². The molecule has 0 radical (unpaired) electrons. The summed E-state index contributed by atoms with van der Waals surface area (Å²) >= 11 is 0. The summed E-state index contributed by atoms with van der Waals surface area (Å²) in [5.74, 6) is 0. The quantitative estimate of drug-likeness (QED) is 0.373. The predicted molar refractivity (Wildman–Crippen MR) is 28.9 cm³/mol. The van der Waals surface area contributed by atoms with E-state index in [-0.39, 0.29) is 6.29 Å². The lowest BCUT2D eigenvalue weighted by Crippen LogP contribution is -2.17. The van der Waals surface area contributed by atoms with E-state index in [1.54, 1.807) is 0 Å². The molecule has 0 saturated carbocycles. The van der Waals surface area contributed by atoms with Crippen molar-refractivity contribution < 1.29 is 24.5 Å². The molecule has 9 heavy (non-hydrogen) atoms. The fourth-order valence-corrected chi connectivity index (χ4v) is 0.182. The van der Waals surface area contributed by atoms with Gasteiger partial charge in [-0.05, 0) is 0 Å². The van der Waals surface area contributed by atoms with Crippen molar-refractivity contribution in [2.45, 2.75) is 6.27 Å². The van der Waals surface area contributed by atoms with Crippen LogP contribution in [0.25, 0.3) is 0 Å². The van der Waals surface area contributed by atoms with Crippen LogP contribution in [0.2, 0.25) is 0 Å². The summed E-state index contributed by atoms with van der Waals surface area (Å²) in [5.41, 5.74) is 0. The van der Waals surface area contributed by atoms with Gasteiger partial charge in [-0.3, -0.25) is 4.79 Å². The maximum Gasteiger partial charge on any atom is 0.214 e. The molecule has 0 N–H and O–H groups in total. The van der Waals surface area contributed by atoms with Crippen LogP contribution in [0.15, 0.2) is 0 Å². The Labute approximate surface area is 58.4 Å². The molecular weight excluding hydrogens is 124 g/mol. The lowest BCUT2D eigenvalue weighted by atomic mass is 10.7. The second-order valence-electron chi connectivity index (χ2n) is 0.931. The average molecular weight is 136 g/mol. The highest BCUT2D eigenvalue weighted by Crippen LogP contribution is 1.84. The van der Waals surface area contributed by atoms with Crippen molar-refractivity contribution in [2.75, 3.05) is 13.7 Å². The summed E-state index contributed by atoms with van der Waals surface area (Å²) < 4.78 is 35.3. The maximum atomic E-state index is 10.4. The molecule has 4 nitrogen and oxygen atoms in total. The van der Waals surface area contributed by atoms with Crippen molar-refractivity contribution in [2.24, 2.45) is 0 Å². The Morgan fingerprint density at radius 3 is 3.00 bits per heavy atom. The summed E-state index contributed by atoms with van der Waals surface area (Å²) in [4.78, 5) is 20.5. The van der Waals surface area contributed by atoms with Gasteiger partial charge in [0.2, 0.25) is 6.27 Å². The van der Waals surface area contributed by atoms with Crippen LogP contribution in [-0.4, -0.2) is 32.5 Å². The predicted octanol–water partition coefficient (Wildman–Crippen LogP) is -0.627. The fourth-order valence-electron chi connectivity index (χ4n) is 0.182. The number of ether oxygens (including phenoxy) is 2. The molecule has 0 heterocycles. The zero-order valence-electron chi connectivity index (χ0n) is 8.71. The fraction of sp³-hybridized carbons (Fsp3) is 0.600. The van der Waals surface area contributed by atoms with Crippen LogP contribution in [0, 0.1) is 0 Å². The number of carbonyl (C=O) groups is 2. The van der Waals surface area contributed by atoms with E-state index in [4.69, 9.17) is 5.48 Å². The van der Waals surface area contributed by atoms with Crippen LogP contribution < -0.4 is 0 Å². The van der Waals surface area contributed by atoms with E-state index >= 15 is 0 Å². The van der Waals surface area contributed by atoms with E-state index in [9.17, 15) is 9.59 Å². The molecule has 1 atom stereocenters. The monoisotopic (exact) mass is 136 g/mol. The minimum Gasteiger partial charge on any atom is -0.350 e. The van der Waals surface area contributed by atoms with Crippen molar-refractivity contribution >= 4 is 12.5 Å². The molecule has 0 aliphatic carbocycles. The molecule has 0 fully saturated rings. The standard InChI is InChI=1S/C5H8O4/c1-8-5(4-7)9-3-2-6/h2,4-5H,3H2,1H3/t5-/m0/s1/i3D2,4D,5D. The topological polar surface area (TPSA) is 52.6 Å². The third-order valence-electron chi connectivity index (χ3n) is 0.468. The molecule has 52 valence electrons. The summed E-state index contributed by atoms with van der Waals surface area (Å²) in [6, 6.07) is 0. The largest absolute Gasteiger partial charge is 0.350 e. The third kappa shape index (κ3) is 3.81. The first kappa shape index (κ1) is 3.43. The van der Waals surface area contributed by atoms with Crippen LogP contribution in [-0.2, 0) is 19.1 Å². The number of rotatable bonds is 5. The Bertz CT molecular complexity index is 219. The van der Waals surface area contributed by atoms with E-state index in [0.717, 1.165) is 7.11 Å². The molecule has 0 unspecified atom stereocenters. The molecule has 0 aliphatic rings. The second-order valence-corrected chi connectivity index (χ2v) is 0.931. The summed E-state index contributed by atoms with van der Waals surface area (Å²) in [6.45, 7) is -2.82. The normalized spacial score (nSPS) is 24.1. The van der Waals surface area contributed by atoms with Gasteiger partial charge in [0.15, 0.2) is 6.26 Å². The molecule has 0 aliphatic heterocycles. The zero-order valence-corrected chi connectivity index (χ0v) is 4.71. The van der Waals surface area contributed by atoms with Crippen molar-refractivity contribution in [3.8, 4) is 0 Å². The Kier molecular flexibility index (Phi) is 2.06. The van der Waals surface area contributed by atoms with Gasteiger partial charge in [0, 0.05) is 7.11 Å². The van der Waals surface area contributed by atoms with E-state index in [1.165, 1.54) is 0 Å². The van der Waals surface area contributed by atoms with Gasteiger partial charge in [0.05, 0.1) is 2.74 Å².